The van der Waals surface area contributed by atoms with Crippen LogP contribution in [-0.2, 0) is 9.53 Å². The van der Waals surface area contributed by atoms with Gasteiger partial charge in [-0.25, -0.2) is 0 Å². The highest BCUT2D eigenvalue weighted by Crippen LogP contribution is 2.18. The van der Waals surface area contributed by atoms with E-state index in [4.69, 9.17) is 4.74 Å². The molecule has 0 fully saturated rings. The Kier molecular flexibility index (Phi) is 4.40. The van der Waals surface area contributed by atoms with Gasteiger partial charge in [0, 0.05) is 25.6 Å². The topological polar surface area (TPSA) is 29.5 Å². The average Bonchev–Trinajstić information content (AvgIpc) is 2.28. The second-order valence-electron chi connectivity index (χ2n) is 3.74. The van der Waals surface area contributed by atoms with E-state index in [1.54, 1.807) is 12.0 Å². The van der Waals surface area contributed by atoms with Crippen LogP contribution in [0.5, 0.6) is 0 Å². The molecule has 84 valence electrons. The number of hydrogen-bond acceptors (Lipinski definition) is 2. The number of carbonyl (C=O) groups excluding carboxylic acids is 1. The Bertz CT molecular complexity index is 292. The van der Waals surface area contributed by atoms with Crippen LogP contribution in [0.25, 0.3) is 0 Å². The number of ether oxygens (including phenoxy) is 1. The molecule has 0 aromatic carbocycles. The predicted octanol–water partition coefficient (Wildman–Crippen LogP) is 2.11. The van der Waals surface area contributed by atoms with Crippen molar-refractivity contribution in [3.8, 4) is 0 Å². The Labute approximate surface area is 91.4 Å². The fraction of sp³-hybridized carbons (Fsp3) is 0.583. The maximum atomic E-state index is 11.9. The maximum absolute atomic E-state index is 11.9. The van der Waals surface area contributed by atoms with Gasteiger partial charge in [0.2, 0.25) is 0 Å². The highest BCUT2D eigenvalue weighted by atomic mass is 16.5. The van der Waals surface area contributed by atoms with Crippen molar-refractivity contribution in [3.05, 3.63) is 23.5 Å². The van der Waals surface area contributed by atoms with Crippen molar-refractivity contribution in [3.63, 3.8) is 0 Å². The van der Waals surface area contributed by atoms with Crippen molar-refractivity contribution >= 4 is 5.91 Å². The summed E-state index contributed by atoms with van der Waals surface area (Å²) >= 11 is 0. The van der Waals surface area contributed by atoms with Crippen molar-refractivity contribution < 1.29 is 9.53 Å². The Morgan fingerprint density at radius 1 is 1.60 bits per heavy atom. The Morgan fingerprint density at radius 2 is 2.33 bits per heavy atom. The standard InChI is InChI=1S/C12H19NO2/c1-4-8-13(2)12(14)10-6-5-7-11(9-10)15-3/h6,9H,4-5,7-8H2,1-3H3. The molecule has 0 saturated heterocycles. The second-order valence-corrected chi connectivity index (χ2v) is 3.74. The van der Waals surface area contributed by atoms with Crippen molar-refractivity contribution in [1.82, 2.24) is 4.90 Å². The highest BCUT2D eigenvalue weighted by Gasteiger charge is 2.15. The van der Waals surface area contributed by atoms with E-state index in [0.29, 0.717) is 0 Å². The fourth-order valence-electron chi connectivity index (χ4n) is 1.64. The van der Waals surface area contributed by atoms with Crippen LogP contribution in [0.1, 0.15) is 26.2 Å². The molecule has 1 aliphatic carbocycles. The fourth-order valence-corrected chi connectivity index (χ4v) is 1.64. The molecule has 15 heavy (non-hydrogen) atoms. The summed E-state index contributed by atoms with van der Waals surface area (Å²) in [5.74, 6) is 0.983. The number of likely N-dealkylation sites (N-methyl/N-ethyl adjacent to an activating group) is 1. The molecule has 0 aromatic rings. The van der Waals surface area contributed by atoms with Gasteiger partial charge in [-0.3, -0.25) is 4.79 Å². The van der Waals surface area contributed by atoms with Crippen LogP contribution in [-0.4, -0.2) is 31.5 Å². The molecular formula is C12H19NO2. The van der Waals surface area contributed by atoms with Crippen LogP contribution in [0.4, 0.5) is 0 Å². The summed E-state index contributed by atoms with van der Waals surface area (Å²) in [5.41, 5.74) is 0.758. The molecule has 0 saturated carbocycles. The third kappa shape index (κ3) is 3.11. The molecule has 0 bridgehead atoms. The van der Waals surface area contributed by atoms with Crippen molar-refractivity contribution in [2.75, 3.05) is 20.7 Å². The minimum absolute atomic E-state index is 0.0890. The molecule has 1 rings (SSSR count). The van der Waals surface area contributed by atoms with Crippen LogP contribution in [0.3, 0.4) is 0 Å². The van der Waals surface area contributed by atoms with Crippen LogP contribution < -0.4 is 0 Å². The van der Waals surface area contributed by atoms with Crippen molar-refractivity contribution in [2.45, 2.75) is 26.2 Å². The van der Waals surface area contributed by atoms with Gasteiger partial charge in [-0.1, -0.05) is 13.0 Å². The molecule has 1 aliphatic rings. The van der Waals surface area contributed by atoms with E-state index in [-0.39, 0.29) is 5.91 Å². The van der Waals surface area contributed by atoms with E-state index in [9.17, 15) is 4.79 Å². The minimum atomic E-state index is 0.0890. The van der Waals surface area contributed by atoms with Crippen molar-refractivity contribution in [1.29, 1.82) is 0 Å². The quantitative estimate of drug-likeness (QED) is 0.709. The summed E-state index contributed by atoms with van der Waals surface area (Å²) in [7, 11) is 3.48. The summed E-state index contributed by atoms with van der Waals surface area (Å²) in [6.07, 6.45) is 6.59. The third-order valence-corrected chi connectivity index (χ3v) is 2.49. The first-order valence-corrected chi connectivity index (χ1v) is 5.39. The zero-order valence-electron chi connectivity index (χ0n) is 9.75. The molecule has 0 unspecified atom stereocenters. The molecule has 0 aromatic heterocycles. The first-order chi connectivity index (χ1) is 7.19. The molecule has 0 radical (unpaired) electrons. The van der Waals surface area contributed by atoms with E-state index in [2.05, 4.69) is 6.92 Å². The normalized spacial score (nSPS) is 15.4. The van der Waals surface area contributed by atoms with Gasteiger partial charge in [-0.2, -0.15) is 0 Å². The van der Waals surface area contributed by atoms with Gasteiger partial charge < -0.3 is 9.64 Å². The van der Waals surface area contributed by atoms with Crippen LogP contribution in [0.15, 0.2) is 23.5 Å². The van der Waals surface area contributed by atoms with Gasteiger partial charge in [0.05, 0.1) is 12.9 Å². The molecule has 0 spiro atoms. The second kappa shape index (κ2) is 5.59. The minimum Gasteiger partial charge on any atom is -0.501 e. The summed E-state index contributed by atoms with van der Waals surface area (Å²) in [6.45, 7) is 2.86. The molecule has 0 aliphatic heterocycles. The van der Waals surface area contributed by atoms with E-state index >= 15 is 0 Å². The van der Waals surface area contributed by atoms with Gasteiger partial charge in [0.1, 0.15) is 0 Å². The molecule has 3 nitrogen and oxygen atoms in total. The van der Waals surface area contributed by atoms with E-state index < -0.39 is 0 Å². The number of rotatable bonds is 4. The summed E-state index contributed by atoms with van der Waals surface area (Å²) < 4.78 is 5.16. The zero-order chi connectivity index (χ0) is 11.3. The van der Waals surface area contributed by atoms with Crippen molar-refractivity contribution in [2.24, 2.45) is 0 Å². The molecule has 0 heterocycles. The predicted molar refractivity (Wildman–Crippen MR) is 60.3 cm³/mol. The number of hydrogen-bond donors (Lipinski definition) is 0. The van der Waals surface area contributed by atoms with E-state index in [1.807, 2.05) is 19.2 Å². The molecule has 0 atom stereocenters. The monoisotopic (exact) mass is 209 g/mol. The summed E-state index contributed by atoms with van der Waals surface area (Å²) in [4.78, 5) is 13.7. The summed E-state index contributed by atoms with van der Waals surface area (Å²) in [6, 6.07) is 0. The van der Waals surface area contributed by atoms with Gasteiger partial charge >= 0.3 is 0 Å². The van der Waals surface area contributed by atoms with E-state index in [1.165, 1.54) is 0 Å². The third-order valence-electron chi connectivity index (χ3n) is 2.49. The molecule has 3 heteroatoms. The SMILES string of the molecule is CCCN(C)C(=O)C1=CCCC(OC)=C1. The molecule has 1 amide bonds. The lowest BCUT2D eigenvalue weighted by atomic mass is 10.0. The Morgan fingerprint density at radius 3 is 2.93 bits per heavy atom. The number of carbonyl (C=O) groups is 1. The lowest BCUT2D eigenvalue weighted by molar-refractivity contribution is -0.125. The van der Waals surface area contributed by atoms with Gasteiger partial charge in [-0.15, -0.1) is 0 Å². The van der Waals surface area contributed by atoms with Crippen LogP contribution in [0, 0.1) is 0 Å². The maximum Gasteiger partial charge on any atom is 0.253 e. The van der Waals surface area contributed by atoms with Crippen LogP contribution in [0.2, 0.25) is 0 Å². The first kappa shape index (κ1) is 11.8. The average molecular weight is 209 g/mol. The Hall–Kier alpha value is -1.25. The first-order valence-electron chi connectivity index (χ1n) is 5.39. The lowest BCUT2D eigenvalue weighted by Gasteiger charge is -2.19. The van der Waals surface area contributed by atoms with Crippen LogP contribution >= 0.6 is 0 Å². The van der Waals surface area contributed by atoms with E-state index in [0.717, 1.165) is 37.1 Å². The molecular weight excluding hydrogens is 190 g/mol. The smallest absolute Gasteiger partial charge is 0.253 e. The number of amides is 1. The van der Waals surface area contributed by atoms with Gasteiger partial charge in [0.25, 0.3) is 5.91 Å². The molecule has 0 N–H and O–H groups in total. The van der Waals surface area contributed by atoms with Gasteiger partial charge in [0.15, 0.2) is 0 Å². The lowest BCUT2D eigenvalue weighted by Crippen LogP contribution is -2.28. The highest BCUT2D eigenvalue weighted by molar-refractivity contribution is 5.96. The number of allylic oxidation sites excluding steroid dienone is 2. The van der Waals surface area contributed by atoms with Gasteiger partial charge in [-0.05, 0) is 18.9 Å². The Balaban J connectivity index is 2.67. The number of nitrogens with zero attached hydrogens (tertiary/aromatic N) is 1. The largest absolute Gasteiger partial charge is 0.501 e. The number of methoxy groups -OCH3 is 1. The zero-order valence-corrected chi connectivity index (χ0v) is 9.75. The summed E-state index contributed by atoms with van der Waals surface area (Å²) in [5, 5.41) is 0.